The summed E-state index contributed by atoms with van der Waals surface area (Å²) in [4.78, 5) is 9.06. The average molecular weight is 443 g/mol. The van der Waals surface area contributed by atoms with Gasteiger partial charge in [0.25, 0.3) is 0 Å². The third-order valence-corrected chi connectivity index (χ3v) is 5.94. The molecule has 0 N–H and O–H groups in total. The van der Waals surface area contributed by atoms with Crippen molar-refractivity contribution in [2.45, 2.75) is 110 Å². The molecule has 0 saturated carbocycles. The van der Waals surface area contributed by atoms with Gasteiger partial charge >= 0.3 is 0 Å². The Morgan fingerprint density at radius 2 is 1.31 bits per heavy atom. The molecule has 0 bridgehead atoms. The standard InChI is InChI=1S/C28H43FN2O/c1-3-5-7-9-11-13-15-24-21-30-28(31-22-24)25-17-19-27(20-18-25)32-23-26(29)16-14-12-10-8-6-4-2/h17-22,26H,3-16,23H2,1-2H3/t26-/m0/s1. The van der Waals surface area contributed by atoms with Gasteiger partial charge in [0.15, 0.2) is 5.82 Å². The second kappa shape index (κ2) is 16.6. The van der Waals surface area contributed by atoms with E-state index in [9.17, 15) is 4.39 Å². The molecule has 1 aromatic carbocycles. The first-order valence-electron chi connectivity index (χ1n) is 12.9. The largest absolute Gasteiger partial charge is 0.491 e. The number of hydrogen-bond donors (Lipinski definition) is 0. The Morgan fingerprint density at radius 1 is 0.750 bits per heavy atom. The fourth-order valence-corrected chi connectivity index (χ4v) is 3.86. The number of aryl methyl sites for hydroxylation is 1. The van der Waals surface area contributed by atoms with Crippen LogP contribution in [0.2, 0.25) is 0 Å². The number of hydrogen-bond acceptors (Lipinski definition) is 3. The summed E-state index contributed by atoms with van der Waals surface area (Å²) >= 11 is 0. The van der Waals surface area contributed by atoms with E-state index < -0.39 is 6.17 Å². The van der Waals surface area contributed by atoms with E-state index >= 15 is 0 Å². The molecule has 2 rings (SSSR count). The molecule has 0 radical (unpaired) electrons. The summed E-state index contributed by atoms with van der Waals surface area (Å²) in [5.41, 5.74) is 2.15. The van der Waals surface area contributed by atoms with Gasteiger partial charge in [-0.1, -0.05) is 84.5 Å². The first-order chi connectivity index (χ1) is 15.7. The highest BCUT2D eigenvalue weighted by atomic mass is 19.1. The van der Waals surface area contributed by atoms with Crippen molar-refractivity contribution in [2.75, 3.05) is 6.61 Å². The molecule has 0 amide bonds. The molecule has 3 nitrogen and oxygen atoms in total. The van der Waals surface area contributed by atoms with Gasteiger partial charge in [0.05, 0.1) is 0 Å². The summed E-state index contributed by atoms with van der Waals surface area (Å²) < 4.78 is 19.7. The van der Waals surface area contributed by atoms with Crippen LogP contribution >= 0.6 is 0 Å². The van der Waals surface area contributed by atoms with Gasteiger partial charge in [0.1, 0.15) is 18.5 Å². The third-order valence-electron chi connectivity index (χ3n) is 5.94. The lowest BCUT2D eigenvalue weighted by Crippen LogP contribution is -2.12. The van der Waals surface area contributed by atoms with E-state index in [4.69, 9.17) is 4.74 Å². The van der Waals surface area contributed by atoms with Crippen molar-refractivity contribution in [3.63, 3.8) is 0 Å². The fraction of sp³-hybridized carbons (Fsp3) is 0.643. The van der Waals surface area contributed by atoms with Gasteiger partial charge in [-0.15, -0.1) is 0 Å². The normalized spacial score (nSPS) is 12.1. The lowest BCUT2D eigenvalue weighted by atomic mass is 10.1. The predicted molar refractivity (Wildman–Crippen MR) is 133 cm³/mol. The minimum atomic E-state index is -0.900. The molecule has 0 saturated heterocycles. The van der Waals surface area contributed by atoms with Crippen LogP contribution in [0.3, 0.4) is 0 Å². The van der Waals surface area contributed by atoms with Crippen LogP contribution in [-0.2, 0) is 6.42 Å². The Bertz CT molecular complexity index is 702. The Morgan fingerprint density at radius 3 is 1.94 bits per heavy atom. The lowest BCUT2D eigenvalue weighted by Gasteiger charge is -2.11. The van der Waals surface area contributed by atoms with Gasteiger partial charge in [0, 0.05) is 18.0 Å². The molecular weight excluding hydrogens is 399 g/mol. The quantitative estimate of drug-likeness (QED) is 0.217. The van der Waals surface area contributed by atoms with Crippen molar-refractivity contribution in [1.29, 1.82) is 0 Å². The maximum atomic E-state index is 14.1. The third kappa shape index (κ3) is 11.1. The first-order valence-corrected chi connectivity index (χ1v) is 12.9. The Kier molecular flexibility index (Phi) is 13.7. The lowest BCUT2D eigenvalue weighted by molar-refractivity contribution is 0.184. The minimum absolute atomic E-state index is 0.123. The SMILES string of the molecule is CCCCCCCCc1cnc(-c2ccc(OC[C@@H](F)CCCCCCCC)cc2)nc1. The zero-order chi connectivity index (χ0) is 22.9. The molecule has 1 aromatic heterocycles. The van der Waals surface area contributed by atoms with Crippen LogP contribution in [0.25, 0.3) is 11.4 Å². The van der Waals surface area contributed by atoms with Crippen molar-refractivity contribution < 1.29 is 9.13 Å². The van der Waals surface area contributed by atoms with Crippen LogP contribution in [0.15, 0.2) is 36.7 Å². The molecule has 0 aliphatic heterocycles. The van der Waals surface area contributed by atoms with Crippen LogP contribution in [0.4, 0.5) is 4.39 Å². The van der Waals surface area contributed by atoms with Crippen molar-refractivity contribution >= 4 is 0 Å². The van der Waals surface area contributed by atoms with Gasteiger partial charge in [-0.3, -0.25) is 0 Å². The van der Waals surface area contributed by atoms with Crippen molar-refractivity contribution in [3.05, 3.63) is 42.2 Å². The molecule has 4 heteroatoms. The molecule has 1 atom stereocenters. The van der Waals surface area contributed by atoms with E-state index in [1.54, 1.807) is 0 Å². The summed E-state index contributed by atoms with van der Waals surface area (Å²) in [6.07, 6.45) is 19.5. The fourth-order valence-electron chi connectivity index (χ4n) is 3.86. The smallest absolute Gasteiger partial charge is 0.159 e. The second-order valence-corrected chi connectivity index (χ2v) is 8.92. The molecule has 178 valence electrons. The molecule has 0 aliphatic rings. The number of unbranched alkanes of at least 4 members (excludes halogenated alkanes) is 10. The number of alkyl halides is 1. The highest BCUT2D eigenvalue weighted by Crippen LogP contribution is 2.20. The van der Waals surface area contributed by atoms with E-state index in [0.29, 0.717) is 12.2 Å². The molecular formula is C28H43FN2O. The van der Waals surface area contributed by atoms with Crippen LogP contribution in [0.5, 0.6) is 5.75 Å². The number of nitrogens with zero attached hydrogens (tertiary/aromatic N) is 2. The van der Waals surface area contributed by atoms with Gasteiger partial charge in [-0.25, -0.2) is 14.4 Å². The van der Waals surface area contributed by atoms with Crippen LogP contribution in [0, 0.1) is 0 Å². The molecule has 0 unspecified atom stereocenters. The topological polar surface area (TPSA) is 35.0 Å². The summed E-state index contributed by atoms with van der Waals surface area (Å²) in [6, 6.07) is 7.64. The predicted octanol–water partition coefficient (Wildman–Crippen LogP) is 8.51. The summed E-state index contributed by atoms with van der Waals surface area (Å²) in [6.45, 7) is 4.58. The second-order valence-electron chi connectivity index (χ2n) is 8.92. The van der Waals surface area contributed by atoms with E-state index in [1.807, 2.05) is 36.7 Å². The van der Waals surface area contributed by atoms with E-state index in [0.717, 1.165) is 30.7 Å². The summed E-state index contributed by atoms with van der Waals surface area (Å²) in [7, 11) is 0. The molecule has 0 fully saturated rings. The minimum Gasteiger partial charge on any atom is -0.491 e. The van der Waals surface area contributed by atoms with Gasteiger partial charge in [-0.2, -0.15) is 0 Å². The maximum absolute atomic E-state index is 14.1. The number of rotatable bonds is 18. The van der Waals surface area contributed by atoms with Crippen LogP contribution in [0.1, 0.15) is 103 Å². The Balaban J connectivity index is 1.67. The van der Waals surface area contributed by atoms with E-state index in [1.165, 1.54) is 69.8 Å². The molecule has 0 aliphatic carbocycles. The summed E-state index contributed by atoms with van der Waals surface area (Å²) in [5, 5.41) is 0. The van der Waals surface area contributed by atoms with Gasteiger partial charge < -0.3 is 4.74 Å². The zero-order valence-corrected chi connectivity index (χ0v) is 20.3. The van der Waals surface area contributed by atoms with Crippen molar-refractivity contribution in [1.82, 2.24) is 9.97 Å². The van der Waals surface area contributed by atoms with Crippen molar-refractivity contribution in [3.8, 4) is 17.1 Å². The number of halogens is 1. The monoisotopic (exact) mass is 442 g/mol. The zero-order valence-electron chi connectivity index (χ0n) is 20.3. The molecule has 32 heavy (non-hydrogen) atoms. The average Bonchev–Trinajstić information content (AvgIpc) is 2.83. The Labute approximate surface area is 195 Å². The maximum Gasteiger partial charge on any atom is 0.159 e. The van der Waals surface area contributed by atoms with Crippen LogP contribution < -0.4 is 4.74 Å². The number of benzene rings is 1. The molecule has 0 spiro atoms. The van der Waals surface area contributed by atoms with E-state index in [2.05, 4.69) is 23.8 Å². The van der Waals surface area contributed by atoms with Crippen LogP contribution in [-0.4, -0.2) is 22.7 Å². The number of aromatic nitrogens is 2. The van der Waals surface area contributed by atoms with Gasteiger partial charge in [-0.05, 0) is 49.1 Å². The number of ether oxygens (including phenoxy) is 1. The molecule has 1 heterocycles. The van der Waals surface area contributed by atoms with E-state index in [-0.39, 0.29) is 6.61 Å². The Hall–Kier alpha value is -1.97. The summed E-state index contributed by atoms with van der Waals surface area (Å²) in [5.74, 6) is 1.41. The highest BCUT2D eigenvalue weighted by molar-refractivity contribution is 5.55. The first kappa shape index (κ1) is 26.3. The van der Waals surface area contributed by atoms with Crippen molar-refractivity contribution in [2.24, 2.45) is 0 Å². The highest BCUT2D eigenvalue weighted by Gasteiger charge is 2.08. The molecule has 2 aromatic rings. The van der Waals surface area contributed by atoms with Gasteiger partial charge in [0.2, 0.25) is 0 Å².